The molecule has 24 heavy (non-hydrogen) atoms. The molecule has 1 fully saturated rings. The summed E-state index contributed by atoms with van der Waals surface area (Å²) in [5, 5.41) is 4.43. The maximum Gasteiger partial charge on any atom is 0.147 e. The standard InChI is InChI=1S/C18H26N4O2/c1-15-19-16(2)22(20-15)14-18-13-21(10-12-24-18)9-6-11-23-17-7-4-3-5-8-17/h3-5,7-8,18H,6,9-14H2,1-2H3/t18-/m1/s1. The Balaban J connectivity index is 1.40. The molecule has 1 aliphatic heterocycles. The van der Waals surface area contributed by atoms with Crippen LogP contribution in [0.4, 0.5) is 0 Å². The fourth-order valence-corrected chi connectivity index (χ4v) is 3.02. The van der Waals surface area contributed by atoms with Crippen LogP contribution >= 0.6 is 0 Å². The molecule has 1 aromatic carbocycles. The number of hydrogen-bond acceptors (Lipinski definition) is 5. The zero-order valence-corrected chi connectivity index (χ0v) is 14.5. The molecule has 0 unspecified atom stereocenters. The third-order valence-electron chi connectivity index (χ3n) is 4.19. The molecule has 0 saturated carbocycles. The lowest BCUT2D eigenvalue weighted by Gasteiger charge is -2.32. The summed E-state index contributed by atoms with van der Waals surface area (Å²) in [6.45, 7) is 9.14. The summed E-state index contributed by atoms with van der Waals surface area (Å²) in [7, 11) is 0. The van der Waals surface area contributed by atoms with Crippen LogP contribution in [-0.4, -0.2) is 58.6 Å². The lowest BCUT2D eigenvalue weighted by Crippen LogP contribution is -2.45. The van der Waals surface area contributed by atoms with E-state index in [2.05, 4.69) is 15.0 Å². The normalized spacial score (nSPS) is 18.7. The zero-order chi connectivity index (χ0) is 16.8. The Morgan fingerprint density at radius 3 is 2.83 bits per heavy atom. The number of aromatic nitrogens is 3. The Labute approximate surface area is 143 Å². The Morgan fingerprint density at radius 2 is 2.08 bits per heavy atom. The molecule has 1 atom stereocenters. The Hall–Kier alpha value is -1.92. The molecule has 0 N–H and O–H groups in total. The first-order chi connectivity index (χ1) is 11.7. The highest BCUT2D eigenvalue weighted by Crippen LogP contribution is 2.11. The van der Waals surface area contributed by atoms with Gasteiger partial charge >= 0.3 is 0 Å². The quantitative estimate of drug-likeness (QED) is 0.728. The van der Waals surface area contributed by atoms with Crippen molar-refractivity contribution >= 4 is 0 Å². The summed E-state index contributed by atoms with van der Waals surface area (Å²) >= 11 is 0. The molecule has 0 aliphatic carbocycles. The van der Waals surface area contributed by atoms with Crippen LogP contribution in [0.2, 0.25) is 0 Å². The van der Waals surface area contributed by atoms with Crippen LogP contribution < -0.4 is 4.74 Å². The lowest BCUT2D eigenvalue weighted by molar-refractivity contribution is -0.0387. The number of para-hydroxylation sites is 1. The van der Waals surface area contributed by atoms with Crippen molar-refractivity contribution in [3.8, 4) is 5.75 Å². The predicted molar refractivity (Wildman–Crippen MR) is 92.2 cm³/mol. The molecule has 130 valence electrons. The summed E-state index contributed by atoms with van der Waals surface area (Å²) in [5.74, 6) is 2.71. The smallest absolute Gasteiger partial charge is 0.147 e. The molecular formula is C18H26N4O2. The predicted octanol–water partition coefficient (Wildman–Crippen LogP) is 2.06. The van der Waals surface area contributed by atoms with E-state index in [1.165, 1.54) is 0 Å². The van der Waals surface area contributed by atoms with Crippen molar-refractivity contribution in [1.82, 2.24) is 19.7 Å². The summed E-state index contributed by atoms with van der Waals surface area (Å²) in [6, 6.07) is 9.98. The third kappa shape index (κ3) is 4.79. The first kappa shape index (κ1) is 16.9. The SMILES string of the molecule is Cc1nc(C)n(C[C@H]2CN(CCCOc3ccccc3)CCO2)n1. The van der Waals surface area contributed by atoms with E-state index in [-0.39, 0.29) is 6.10 Å². The van der Waals surface area contributed by atoms with Gasteiger partial charge in [0.05, 0.1) is 25.9 Å². The van der Waals surface area contributed by atoms with Gasteiger partial charge in [-0.25, -0.2) is 9.67 Å². The number of hydrogen-bond donors (Lipinski definition) is 0. The monoisotopic (exact) mass is 330 g/mol. The molecule has 6 heteroatoms. The summed E-state index contributed by atoms with van der Waals surface area (Å²) in [4.78, 5) is 6.80. The van der Waals surface area contributed by atoms with Crippen molar-refractivity contribution < 1.29 is 9.47 Å². The van der Waals surface area contributed by atoms with E-state index in [0.717, 1.165) is 63.2 Å². The maximum atomic E-state index is 5.89. The van der Waals surface area contributed by atoms with E-state index in [0.29, 0.717) is 0 Å². The highest BCUT2D eigenvalue weighted by molar-refractivity contribution is 5.20. The molecule has 1 aliphatic rings. The van der Waals surface area contributed by atoms with Crippen LogP contribution in [0, 0.1) is 13.8 Å². The largest absolute Gasteiger partial charge is 0.494 e. The van der Waals surface area contributed by atoms with E-state index in [9.17, 15) is 0 Å². The summed E-state index contributed by atoms with van der Waals surface area (Å²) < 4.78 is 13.6. The van der Waals surface area contributed by atoms with Gasteiger partial charge in [-0.15, -0.1) is 0 Å². The van der Waals surface area contributed by atoms with E-state index < -0.39 is 0 Å². The summed E-state index contributed by atoms with van der Waals surface area (Å²) in [5.41, 5.74) is 0. The Kier molecular flexibility index (Phi) is 5.82. The third-order valence-corrected chi connectivity index (χ3v) is 4.19. The number of nitrogens with zero attached hydrogens (tertiary/aromatic N) is 4. The molecule has 0 amide bonds. The number of ether oxygens (including phenoxy) is 2. The van der Waals surface area contributed by atoms with Crippen molar-refractivity contribution in [2.45, 2.75) is 32.9 Å². The molecular weight excluding hydrogens is 304 g/mol. The van der Waals surface area contributed by atoms with Gasteiger partial charge < -0.3 is 9.47 Å². The van der Waals surface area contributed by atoms with E-state index >= 15 is 0 Å². The molecule has 6 nitrogen and oxygen atoms in total. The second-order valence-corrected chi connectivity index (χ2v) is 6.20. The van der Waals surface area contributed by atoms with Crippen LogP contribution in [0.15, 0.2) is 30.3 Å². The molecule has 0 radical (unpaired) electrons. The average molecular weight is 330 g/mol. The van der Waals surface area contributed by atoms with Gasteiger partial charge in [0.1, 0.15) is 17.4 Å². The number of rotatable bonds is 7. The molecule has 2 aromatic rings. The molecule has 1 aromatic heterocycles. The van der Waals surface area contributed by atoms with Crippen LogP contribution in [0.25, 0.3) is 0 Å². The van der Waals surface area contributed by atoms with Gasteiger partial charge in [0, 0.05) is 19.6 Å². The first-order valence-corrected chi connectivity index (χ1v) is 8.60. The topological polar surface area (TPSA) is 52.4 Å². The van der Waals surface area contributed by atoms with Gasteiger partial charge in [0.25, 0.3) is 0 Å². The van der Waals surface area contributed by atoms with Gasteiger partial charge in [-0.1, -0.05) is 18.2 Å². The molecule has 0 spiro atoms. The molecule has 3 rings (SSSR count). The van der Waals surface area contributed by atoms with Crippen molar-refractivity contribution in [3.05, 3.63) is 42.0 Å². The number of morpholine rings is 1. The fraction of sp³-hybridized carbons (Fsp3) is 0.556. The highest BCUT2D eigenvalue weighted by Gasteiger charge is 2.21. The van der Waals surface area contributed by atoms with Crippen molar-refractivity contribution in [3.63, 3.8) is 0 Å². The Morgan fingerprint density at radius 1 is 1.25 bits per heavy atom. The van der Waals surface area contributed by atoms with E-state index in [1.54, 1.807) is 0 Å². The molecule has 1 saturated heterocycles. The van der Waals surface area contributed by atoms with Crippen molar-refractivity contribution in [2.75, 3.05) is 32.8 Å². The first-order valence-electron chi connectivity index (χ1n) is 8.60. The van der Waals surface area contributed by atoms with Gasteiger partial charge in [-0.05, 0) is 32.4 Å². The highest BCUT2D eigenvalue weighted by atomic mass is 16.5. The van der Waals surface area contributed by atoms with Crippen LogP contribution in [0.1, 0.15) is 18.1 Å². The summed E-state index contributed by atoms with van der Waals surface area (Å²) in [6.07, 6.45) is 1.19. The van der Waals surface area contributed by atoms with E-state index in [4.69, 9.17) is 9.47 Å². The Bertz CT molecular complexity index is 629. The van der Waals surface area contributed by atoms with Crippen LogP contribution in [-0.2, 0) is 11.3 Å². The molecule has 2 heterocycles. The van der Waals surface area contributed by atoms with E-state index in [1.807, 2.05) is 48.9 Å². The maximum absolute atomic E-state index is 5.89. The second kappa shape index (κ2) is 8.26. The minimum Gasteiger partial charge on any atom is -0.494 e. The van der Waals surface area contributed by atoms with Gasteiger partial charge in [0.15, 0.2) is 0 Å². The van der Waals surface area contributed by atoms with Crippen LogP contribution in [0.3, 0.4) is 0 Å². The van der Waals surface area contributed by atoms with Gasteiger partial charge in [0.2, 0.25) is 0 Å². The number of aryl methyl sites for hydroxylation is 2. The van der Waals surface area contributed by atoms with Gasteiger partial charge in [-0.3, -0.25) is 4.90 Å². The average Bonchev–Trinajstić information content (AvgIpc) is 2.90. The second-order valence-electron chi connectivity index (χ2n) is 6.20. The molecule has 0 bridgehead atoms. The van der Waals surface area contributed by atoms with Gasteiger partial charge in [-0.2, -0.15) is 5.10 Å². The fourth-order valence-electron chi connectivity index (χ4n) is 3.02. The van der Waals surface area contributed by atoms with Crippen molar-refractivity contribution in [1.29, 1.82) is 0 Å². The minimum atomic E-state index is 0.175. The van der Waals surface area contributed by atoms with Crippen molar-refractivity contribution in [2.24, 2.45) is 0 Å². The lowest BCUT2D eigenvalue weighted by atomic mass is 10.2. The number of benzene rings is 1. The van der Waals surface area contributed by atoms with Crippen LogP contribution in [0.5, 0.6) is 5.75 Å². The minimum absolute atomic E-state index is 0.175. The zero-order valence-electron chi connectivity index (χ0n) is 14.5.